The molecule has 7 aromatic carbocycles. The Morgan fingerprint density at radius 2 is 0.980 bits per heavy atom. The van der Waals surface area contributed by atoms with E-state index in [0.717, 1.165) is 13.0 Å². The molecule has 234 valence electrons. The minimum atomic E-state index is 0.0402. The fourth-order valence-electron chi connectivity index (χ4n) is 8.63. The van der Waals surface area contributed by atoms with Crippen LogP contribution in [-0.2, 0) is 5.41 Å². The summed E-state index contributed by atoms with van der Waals surface area (Å²) >= 11 is 0. The largest absolute Gasteiger partial charge is 0.341 e. The second-order valence-corrected chi connectivity index (χ2v) is 14.2. The SMILES string of the molecule is CC1(C)CCN(c2ccccc2)c2cc3c(cc21)-c1ccccc1-c1ccccc1-c1c-3cccc1-n1c2ccccc2c2ccccc21. The van der Waals surface area contributed by atoms with Crippen LogP contribution in [0.4, 0.5) is 11.4 Å². The van der Waals surface area contributed by atoms with Gasteiger partial charge >= 0.3 is 0 Å². The number of hydrogen-bond acceptors (Lipinski definition) is 1. The number of nitrogens with zero attached hydrogens (tertiary/aromatic N) is 2. The van der Waals surface area contributed by atoms with E-state index in [1.807, 2.05) is 0 Å². The third-order valence-electron chi connectivity index (χ3n) is 11.0. The second kappa shape index (κ2) is 10.6. The third-order valence-corrected chi connectivity index (χ3v) is 11.0. The molecule has 0 amide bonds. The van der Waals surface area contributed by atoms with Gasteiger partial charge in [-0.3, -0.25) is 0 Å². The van der Waals surface area contributed by atoms with E-state index in [2.05, 4.69) is 181 Å². The Bertz CT molecular complexity index is 2530. The van der Waals surface area contributed by atoms with Crippen molar-refractivity contribution in [2.75, 3.05) is 11.4 Å². The number of fused-ring (bicyclic) bond motifs is 12. The molecule has 0 N–H and O–H groups in total. The molecule has 1 aliphatic carbocycles. The fraction of sp³-hybridized carbons (Fsp3) is 0.106. The molecular weight excluding hydrogens is 593 g/mol. The van der Waals surface area contributed by atoms with E-state index in [1.165, 1.54) is 88.9 Å². The molecule has 1 aromatic heterocycles. The highest BCUT2D eigenvalue weighted by Crippen LogP contribution is 2.54. The molecule has 1 aliphatic heterocycles. The number of para-hydroxylation sites is 3. The van der Waals surface area contributed by atoms with Crippen molar-refractivity contribution < 1.29 is 0 Å². The van der Waals surface area contributed by atoms with Crippen LogP contribution in [0, 0.1) is 0 Å². The van der Waals surface area contributed by atoms with Crippen LogP contribution in [0.25, 0.3) is 72.0 Å². The molecule has 8 aromatic rings. The Morgan fingerprint density at radius 1 is 0.449 bits per heavy atom. The molecule has 0 saturated carbocycles. The van der Waals surface area contributed by atoms with Crippen LogP contribution >= 0.6 is 0 Å². The van der Waals surface area contributed by atoms with Gasteiger partial charge in [0, 0.05) is 34.3 Å². The highest BCUT2D eigenvalue weighted by molar-refractivity contribution is 6.12. The zero-order valence-corrected chi connectivity index (χ0v) is 27.8. The van der Waals surface area contributed by atoms with Gasteiger partial charge in [-0.15, -0.1) is 0 Å². The van der Waals surface area contributed by atoms with E-state index in [4.69, 9.17) is 0 Å². The summed E-state index contributed by atoms with van der Waals surface area (Å²) in [7, 11) is 0. The average Bonchev–Trinajstić information content (AvgIpc) is 3.48. The molecule has 0 spiro atoms. The highest BCUT2D eigenvalue weighted by atomic mass is 15.1. The number of aromatic nitrogens is 1. The van der Waals surface area contributed by atoms with Crippen LogP contribution in [0.3, 0.4) is 0 Å². The molecule has 0 saturated heterocycles. The maximum absolute atomic E-state index is 2.54. The summed E-state index contributed by atoms with van der Waals surface area (Å²) in [6.07, 6.45) is 1.09. The molecule has 0 radical (unpaired) electrons. The molecule has 0 atom stereocenters. The highest BCUT2D eigenvalue weighted by Gasteiger charge is 2.35. The monoisotopic (exact) mass is 628 g/mol. The zero-order valence-electron chi connectivity index (χ0n) is 27.8. The Hall–Kier alpha value is -5.86. The van der Waals surface area contributed by atoms with Crippen molar-refractivity contribution in [3.05, 3.63) is 163 Å². The second-order valence-electron chi connectivity index (χ2n) is 14.2. The molecule has 0 fully saturated rings. The normalized spacial score (nSPS) is 14.3. The van der Waals surface area contributed by atoms with Crippen LogP contribution in [-0.4, -0.2) is 11.1 Å². The Labute approximate surface area is 287 Å². The van der Waals surface area contributed by atoms with Crippen LogP contribution in [0.1, 0.15) is 25.8 Å². The van der Waals surface area contributed by atoms with E-state index in [1.54, 1.807) is 0 Å². The average molecular weight is 629 g/mol. The van der Waals surface area contributed by atoms with Gasteiger partial charge < -0.3 is 9.47 Å². The summed E-state index contributed by atoms with van der Waals surface area (Å²) in [6.45, 7) is 5.81. The van der Waals surface area contributed by atoms with E-state index >= 15 is 0 Å². The smallest absolute Gasteiger partial charge is 0.0547 e. The van der Waals surface area contributed by atoms with Gasteiger partial charge in [-0.25, -0.2) is 0 Å². The molecular formula is C47H36N2. The third kappa shape index (κ3) is 4.14. The van der Waals surface area contributed by atoms with Crippen molar-refractivity contribution in [2.45, 2.75) is 25.7 Å². The molecule has 2 aliphatic rings. The fourth-order valence-corrected chi connectivity index (χ4v) is 8.63. The van der Waals surface area contributed by atoms with Gasteiger partial charge in [0.1, 0.15) is 0 Å². The Kier molecular flexibility index (Phi) is 6.08. The van der Waals surface area contributed by atoms with Crippen LogP contribution < -0.4 is 4.90 Å². The zero-order chi connectivity index (χ0) is 32.7. The van der Waals surface area contributed by atoms with Crippen molar-refractivity contribution in [3.8, 4) is 50.2 Å². The van der Waals surface area contributed by atoms with Gasteiger partial charge in [-0.2, -0.15) is 0 Å². The van der Waals surface area contributed by atoms with Crippen LogP contribution in [0.2, 0.25) is 0 Å². The summed E-state index contributed by atoms with van der Waals surface area (Å²) in [6, 6.07) is 58.6. The lowest BCUT2D eigenvalue weighted by atomic mass is 9.73. The summed E-state index contributed by atoms with van der Waals surface area (Å²) in [4.78, 5) is 2.54. The number of rotatable bonds is 2. The van der Waals surface area contributed by atoms with Crippen LogP contribution in [0.15, 0.2) is 158 Å². The lowest BCUT2D eigenvalue weighted by Gasteiger charge is -2.41. The Morgan fingerprint density at radius 3 is 1.67 bits per heavy atom. The molecule has 2 heterocycles. The summed E-state index contributed by atoms with van der Waals surface area (Å²) in [5, 5.41) is 2.55. The quantitative estimate of drug-likeness (QED) is 0.185. The van der Waals surface area contributed by atoms with Crippen LogP contribution in [0.5, 0.6) is 0 Å². The van der Waals surface area contributed by atoms with E-state index < -0.39 is 0 Å². The van der Waals surface area contributed by atoms with Gasteiger partial charge in [0.25, 0.3) is 0 Å². The first kappa shape index (κ1) is 28.2. The molecule has 0 bridgehead atoms. The number of benzene rings is 7. The summed E-state index contributed by atoms with van der Waals surface area (Å²) < 4.78 is 2.49. The molecule has 49 heavy (non-hydrogen) atoms. The van der Waals surface area contributed by atoms with Crippen molar-refractivity contribution >= 4 is 33.2 Å². The van der Waals surface area contributed by atoms with Gasteiger partial charge in [0.05, 0.1) is 16.7 Å². The van der Waals surface area contributed by atoms with E-state index in [9.17, 15) is 0 Å². The van der Waals surface area contributed by atoms with Gasteiger partial charge in [-0.1, -0.05) is 129 Å². The Balaban J connectivity index is 1.36. The lowest BCUT2D eigenvalue weighted by molar-refractivity contribution is 0.467. The summed E-state index contributed by atoms with van der Waals surface area (Å²) in [5.41, 5.74) is 17.8. The first-order chi connectivity index (χ1) is 24.1. The van der Waals surface area contributed by atoms with E-state index in [-0.39, 0.29) is 5.41 Å². The standard InChI is InChI=1S/C47H36N2/c1-47(2)27-28-48(31-15-4-3-5-16-31)45-30-40-38-23-14-26-44(49-42-24-12-10-20-35(42)36-21-11-13-25-43(36)49)46(38)37-22-9-8-18-33(37)32-17-6-7-19-34(32)39(40)29-41(45)47/h3-26,29-30H,27-28H2,1-2H3. The summed E-state index contributed by atoms with van der Waals surface area (Å²) in [5.74, 6) is 0. The van der Waals surface area contributed by atoms with Gasteiger partial charge in [-0.05, 0) is 98.8 Å². The van der Waals surface area contributed by atoms with E-state index in [0.29, 0.717) is 0 Å². The van der Waals surface area contributed by atoms with Crippen molar-refractivity contribution in [2.24, 2.45) is 0 Å². The molecule has 2 nitrogen and oxygen atoms in total. The van der Waals surface area contributed by atoms with Gasteiger partial charge in [0.15, 0.2) is 0 Å². The maximum atomic E-state index is 2.54. The molecule has 2 heteroatoms. The maximum Gasteiger partial charge on any atom is 0.0547 e. The number of anilines is 2. The first-order valence-corrected chi connectivity index (χ1v) is 17.4. The topological polar surface area (TPSA) is 8.17 Å². The predicted molar refractivity (Wildman–Crippen MR) is 207 cm³/mol. The molecule has 0 unspecified atom stereocenters. The van der Waals surface area contributed by atoms with Crippen molar-refractivity contribution in [1.29, 1.82) is 0 Å². The van der Waals surface area contributed by atoms with Crippen molar-refractivity contribution in [3.63, 3.8) is 0 Å². The van der Waals surface area contributed by atoms with Gasteiger partial charge in [0.2, 0.25) is 0 Å². The molecule has 10 rings (SSSR count). The minimum absolute atomic E-state index is 0.0402. The van der Waals surface area contributed by atoms with Crippen molar-refractivity contribution in [1.82, 2.24) is 4.57 Å². The predicted octanol–water partition coefficient (Wildman–Crippen LogP) is 12.6. The first-order valence-electron chi connectivity index (χ1n) is 17.4. The minimum Gasteiger partial charge on any atom is -0.341 e. The lowest BCUT2D eigenvalue weighted by Crippen LogP contribution is -2.34. The number of hydrogen-bond donors (Lipinski definition) is 0.